The highest BCUT2D eigenvalue weighted by atomic mass is 16.7. The number of hydrogen-bond acceptors (Lipinski definition) is 10. The zero-order valence-electron chi connectivity index (χ0n) is 23.7. The molecule has 0 spiro atoms. The van der Waals surface area contributed by atoms with Crippen molar-refractivity contribution in [2.45, 2.75) is 30.7 Å². The highest BCUT2D eigenvalue weighted by Crippen LogP contribution is 2.30. The Morgan fingerprint density at radius 1 is 0.636 bits per heavy atom. The Morgan fingerprint density at radius 2 is 1.09 bits per heavy atom. The van der Waals surface area contributed by atoms with Gasteiger partial charge in [-0.3, -0.25) is 0 Å². The number of carbonyl (C=O) groups is 3. The number of aliphatic hydroxyl groups excluding tert-OH is 1. The second-order valence-corrected chi connectivity index (χ2v) is 9.76. The third kappa shape index (κ3) is 7.41. The fourth-order valence-corrected chi connectivity index (χ4v) is 4.53. The fraction of sp³-hybridized carbons (Fsp3) is 0.206. The van der Waals surface area contributed by atoms with Crippen molar-refractivity contribution < 1.29 is 47.9 Å². The van der Waals surface area contributed by atoms with Crippen molar-refractivity contribution in [2.24, 2.45) is 0 Å². The van der Waals surface area contributed by atoms with Gasteiger partial charge in [0.25, 0.3) is 0 Å². The molecule has 5 rings (SSSR count). The molecular weight excluding hydrogens is 568 g/mol. The second kappa shape index (κ2) is 14.3. The standard InChI is InChI=1S/C34H30O10/c1-39-25-17-19-26(20-18-25)41-34-30(44-33(38)24-15-9-4-10-16-24)28(35)29(43-32(37)23-13-7-3-8-14-23)27(42-34)21-40-31(36)22-11-5-2-6-12-22/h2-20,27-30,34-35H,21H2,1H3/t27?,28-,29-,30?,34+/m1/s1. The first kappa shape index (κ1) is 30.3. The minimum absolute atomic E-state index is 0.217. The molecule has 2 unspecified atom stereocenters. The van der Waals surface area contributed by atoms with Crippen LogP contribution < -0.4 is 9.47 Å². The first-order chi connectivity index (χ1) is 21.4. The molecule has 0 amide bonds. The van der Waals surface area contributed by atoms with Gasteiger partial charge in [-0.1, -0.05) is 54.6 Å². The maximum absolute atomic E-state index is 13.1. The number of hydrogen-bond donors (Lipinski definition) is 1. The van der Waals surface area contributed by atoms with Crippen LogP contribution in [0.15, 0.2) is 115 Å². The van der Waals surface area contributed by atoms with Crippen molar-refractivity contribution in [1.29, 1.82) is 0 Å². The number of aliphatic hydroxyl groups is 1. The van der Waals surface area contributed by atoms with E-state index in [1.54, 1.807) is 115 Å². The molecule has 4 aromatic carbocycles. The average molecular weight is 599 g/mol. The Balaban J connectivity index is 1.44. The van der Waals surface area contributed by atoms with E-state index in [1.165, 1.54) is 7.11 Å². The van der Waals surface area contributed by atoms with E-state index in [9.17, 15) is 19.5 Å². The highest BCUT2D eigenvalue weighted by molar-refractivity contribution is 5.90. The number of ether oxygens (including phenoxy) is 6. The minimum atomic E-state index is -1.65. The van der Waals surface area contributed by atoms with Gasteiger partial charge in [0.1, 0.15) is 30.3 Å². The number of rotatable bonds is 10. The van der Waals surface area contributed by atoms with Crippen LogP contribution >= 0.6 is 0 Å². The van der Waals surface area contributed by atoms with Gasteiger partial charge in [0.15, 0.2) is 12.2 Å². The summed E-state index contributed by atoms with van der Waals surface area (Å²) in [6.07, 6.45) is -7.12. The average Bonchev–Trinajstić information content (AvgIpc) is 3.08. The van der Waals surface area contributed by atoms with E-state index in [0.29, 0.717) is 17.1 Å². The predicted octanol–water partition coefficient (Wildman–Crippen LogP) is 4.47. The molecule has 0 aromatic heterocycles. The van der Waals surface area contributed by atoms with Crippen molar-refractivity contribution in [2.75, 3.05) is 13.7 Å². The first-order valence-electron chi connectivity index (χ1n) is 13.8. The fourth-order valence-electron chi connectivity index (χ4n) is 4.53. The molecule has 0 bridgehead atoms. The quantitative estimate of drug-likeness (QED) is 0.206. The van der Waals surface area contributed by atoms with Gasteiger partial charge in [-0.15, -0.1) is 0 Å². The molecule has 1 saturated heterocycles. The van der Waals surface area contributed by atoms with Crippen LogP contribution in [0.25, 0.3) is 0 Å². The highest BCUT2D eigenvalue weighted by Gasteiger charge is 2.51. The lowest BCUT2D eigenvalue weighted by Gasteiger charge is -2.42. The zero-order chi connectivity index (χ0) is 30.9. The molecule has 1 aliphatic rings. The molecule has 1 heterocycles. The summed E-state index contributed by atoms with van der Waals surface area (Å²) in [6.45, 7) is -0.417. The summed E-state index contributed by atoms with van der Waals surface area (Å²) in [5.74, 6) is -1.29. The van der Waals surface area contributed by atoms with E-state index in [-0.39, 0.29) is 11.1 Å². The molecular formula is C34H30O10. The molecule has 5 atom stereocenters. The Hall–Kier alpha value is -5.19. The molecule has 0 aliphatic carbocycles. The first-order valence-corrected chi connectivity index (χ1v) is 13.8. The molecule has 0 radical (unpaired) electrons. The van der Waals surface area contributed by atoms with Crippen molar-refractivity contribution in [1.82, 2.24) is 0 Å². The van der Waals surface area contributed by atoms with Gasteiger partial charge in [0.05, 0.1) is 23.8 Å². The lowest BCUT2D eigenvalue weighted by atomic mass is 9.98. The van der Waals surface area contributed by atoms with Crippen LogP contribution in [0.5, 0.6) is 11.5 Å². The van der Waals surface area contributed by atoms with Crippen LogP contribution in [0.4, 0.5) is 0 Å². The SMILES string of the molecule is COc1ccc(O[C@H]2OC(COC(=O)c3ccccc3)[C@@H](OC(=O)c3ccccc3)[C@@H](O)C2OC(=O)c2ccccc2)cc1. The van der Waals surface area contributed by atoms with E-state index in [2.05, 4.69) is 0 Å². The molecule has 1 aliphatic heterocycles. The van der Waals surface area contributed by atoms with Gasteiger partial charge in [-0.25, -0.2) is 14.4 Å². The van der Waals surface area contributed by atoms with Crippen molar-refractivity contribution in [3.8, 4) is 11.5 Å². The normalized spacial score (nSPS) is 21.0. The molecule has 44 heavy (non-hydrogen) atoms. The Bertz CT molecular complexity index is 1530. The van der Waals surface area contributed by atoms with Gasteiger partial charge in [-0.05, 0) is 60.7 Å². The van der Waals surface area contributed by atoms with Gasteiger partial charge in [0.2, 0.25) is 6.29 Å². The lowest BCUT2D eigenvalue weighted by molar-refractivity contribution is -0.276. The van der Waals surface area contributed by atoms with Crippen LogP contribution in [-0.2, 0) is 18.9 Å². The van der Waals surface area contributed by atoms with E-state index >= 15 is 0 Å². The molecule has 4 aromatic rings. The predicted molar refractivity (Wildman–Crippen MR) is 156 cm³/mol. The van der Waals surface area contributed by atoms with Crippen LogP contribution in [0.3, 0.4) is 0 Å². The third-order valence-corrected chi connectivity index (χ3v) is 6.82. The number of carbonyl (C=O) groups excluding carboxylic acids is 3. The number of methoxy groups -OCH3 is 1. The summed E-state index contributed by atoms with van der Waals surface area (Å²) in [5, 5.41) is 11.6. The maximum Gasteiger partial charge on any atom is 0.338 e. The van der Waals surface area contributed by atoms with Crippen LogP contribution in [0, 0.1) is 0 Å². The lowest BCUT2D eigenvalue weighted by Crippen LogP contribution is -2.62. The molecule has 10 heteroatoms. The summed E-state index contributed by atoms with van der Waals surface area (Å²) in [7, 11) is 1.52. The van der Waals surface area contributed by atoms with Gasteiger partial charge in [-0.2, -0.15) is 0 Å². The van der Waals surface area contributed by atoms with Gasteiger partial charge >= 0.3 is 17.9 Å². The molecule has 1 N–H and O–H groups in total. The monoisotopic (exact) mass is 598 g/mol. The molecule has 1 fully saturated rings. The van der Waals surface area contributed by atoms with Crippen molar-refractivity contribution in [3.05, 3.63) is 132 Å². The number of benzene rings is 4. The molecule has 10 nitrogen and oxygen atoms in total. The summed E-state index contributed by atoms with van der Waals surface area (Å²) in [5.41, 5.74) is 0.733. The van der Waals surface area contributed by atoms with E-state index in [4.69, 9.17) is 28.4 Å². The summed E-state index contributed by atoms with van der Waals surface area (Å²) >= 11 is 0. The Labute approximate surface area is 253 Å². The van der Waals surface area contributed by atoms with Crippen molar-refractivity contribution >= 4 is 17.9 Å². The topological polar surface area (TPSA) is 127 Å². The molecule has 0 saturated carbocycles. The van der Waals surface area contributed by atoms with E-state index < -0.39 is 55.2 Å². The summed E-state index contributed by atoms with van der Waals surface area (Å²) < 4.78 is 34.3. The Kier molecular flexibility index (Phi) is 9.85. The third-order valence-electron chi connectivity index (χ3n) is 6.82. The Morgan fingerprint density at radius 3 is 1.59 bits per heavy atom. The van der Waals surface area contributed by atoms with E-state index in [1.807, 2.05) is 0 Å². The zero-order valence-corrected chi connectivity index (χ0v) is 23.7. The minimum Gasteiger partial charge on any atom is -0.497 e. The smallest absolute Gasteiger partial charge is 0.338 e. The van der Waals surface area contributed by atoms with E-state index in [0.717, 1.165) is 0 Å². The largest absolute Gasteiger partial charge is 0.497 e. The number of esters is 3. The summed E-state index contributed by atoms with van der Waals surface area (Å²) in [4.78, 5) is 39.0. The van der Waals surface area contributed by atoms with Gasteiger partial charge < -0.3 is 33.5 Å². The summed E-state index contributed by atoms with van der Waals surface area (Å²) in [6, 6.07) is 31.2. The second-order valence-electron chi connectivity index (χ2n) is 9.76. The van der Waals surface area contributed by atoms with Gasteiger partial charge in [0, 0.05) is 0 Å². The van der Waals surface area contributed by atoms with Crippen LogP contribution in [0.2, 0.25) is 0 Å². The maximum atomic E-state index is 13.1. The van der Waals surface area contributed by atoms with Crippen molar-refractivity contribution in [3.63, 3.8) is 0 Å². The van der Waals surface area contributed by atoms with Crippen LogP contribution in [-0.4, -0.2) is 67.4 Å². The molecule has 226 valence electrons. The van der Waals surface area contributed by atoms with Crippen LogP contribution in [0.1, 0.15) is 31.1 Å².